The molecule has 11 heteroatoms. The average Bonchev–Trinajstić information content (AvgIpc) is 2.78. The van der Waals surface area contributed by atoms with Crippen molar-refractivity contribution in [2.75, 3.05) is 29.5 Å². The summed E-state index contributed by atoms with van der Waals surface area (Å²) in [6.45, 7) is -0.0123. The molecule has 0 aromatic heterocycles. The first-order valence-electron chi connectivity index (χ1n) is 10.1. The van der Waals surface area contributed by atoms with Gasteiger partial charge in [0.1, 0.15) is 4.75 Å². The third-order valence-corrected chi connectivity index (χ3v) is 6.08. The number of benzene rings is 2. The van der Waals surface area contributed by atoms with Gasteiger partial charge in [-0.1, -0.05) is 36.4 Å². The highest BCUT2D eigenvalue weighted by Crippen LogP contribution is 2.33. The van der Waals surface area contributed by atoms with Crippen molar-refractivity contribution in [3.63, 3.8) is 0 Å². The summed E-state index contributed by atoms with van der Waals surface area (Å²) in [5.74, 6) is -2.81. The van der Waals surface area contributed by atoms with Gasteiger partial charge in [0.15, 0.2) is 0 Å². The van der Waals surface area contributed by atoms with E-state index < -0.39 is 34.5 Å². The zero-order valence-electron chi connectivity index (χ0n) is 17.7. The molecule has 0 radical (unpaired) electrons. The van der Waals surface area contributed by atoms with Crippen LogP contribution in [-0.4, -0.2) is 57.8 Å². The van der Waals surface area contributed by atoms with Gasteiger partial charge in [0.2, 0.25) is 0 Å². The molecule has 0 bridgehead atoms. The fourth-order valence-corrected chi connectivity index (χ4v) is 3.91. The Bertz CT molecular complexity index is 883. The van der Waals surface area contributed by atoms with Gasteiger partial charge in [-0.2, -0.15) is 0 Å². The molecule has 6 N–H and O–H groups in total. The Morgan fingerprint density at radius 3 is 1.52 bits per heavy atom. The summed E-state index contributed by atoms with van der Waals surface area (Å²) in [6, 6.07) is 16.4. The summed E-state index contributed by atoms with van der Waals surface area (Å²) in [6.07, 6.45) is -0.0745. The number of para-hydroxylation sites is 2. The maximum absolute atomic E-state index is 12.1. The Labute approximate surface area is 195 Å². The molecule has 0 aliphatic carbocycles. The van der Waals surface area contributed by atoms with E-state index in [1.54, 1.807) is 60.7 Å². The molecule has 2 aromatic rings. The van der Waals surface area contributed by atoms with Crippen LogP contribution in [0.5, 0.6) is 0 Å². The van der Waals surface area contributed by atoms with Crippen LogP contribution in [0.15, 0.2) is 60.7 Å². The standard InChI is InChI=1S/C22H26N4O6S/c27-18(28)15-33-22(19(29)30,11-13-23-20(31)25-16-7-3-1-4-8-16)12-14-24-21(32)26-17-9-5-2-6-10-17/h1-10H,11-15H2,(H,27,28)(H,29,30)(H2,23,25,31)(H2,24,26,32). The number of carbonyl (C=O) groups excluding carboxylic acids is 2. The minimum Gasteiger partial charge on any atom is -0.481 e. The van der Waals surface area contributed by atoms with Crippen LogP contribution in [0.3, 0.4) is 0 Å². The van der Waals surface area contributed by atoms with Crippen LogP contribution in [0.4, 0.5) is 21.0 Å². The lowest BCUT2D eigenvalue weighted by molar-refractivity contribution is -0.140. The quantitative estimate of drug-likeness (QED) is 0.276. The molecule has 176 valence electrons. The number of carbonyl (C=O) groups is 4. The van der Waals surface area contributed by atoms with Crippen molar-refractivity contribution < 1.29 is 29.4 Å². The molecule has 0 spiro atoms. The molecule has 0 fully saturated rings. The number of carboxylic acids is 2. The van der Waals surface area contributed by atoms with E-state index >= 15 is 0 Å². The number of urea groups is 2. The smallest absolute Gasteiger partial charge is 0.319 e. The highest BCUT2D eigenvalue weighted by molar-refractivity contribution is 8.02. The number of carboxylic acid groups (broad SMARTS) is 2. The normalized spacial score (nSPS) is 10.7. The van der Waals surface area contributed by atoms with E-state index in [9.17, 15) is 24.3 Å². The molecule has 0 saturated carbocycles. The second kappa shape index (κ2) is 13.0. The predicted octanol–water partition coefficient (Wildman–Crippen LogP) is 3.05. The molecule has 0 unspecified atom stereocenters. The maximum atomic E-state index is 12.1. The Balaban J connectivity index is 1.92. The second-order valence-electron chi connectivity index (χ2n) is 6.98. The summed E-state index contributed by atoms with van der Waals surface area (Å²) in [4.78, 5) is 47.3. The van der Waals surface area contributed by atoms with Crippen molar-refractivity contribution in [3.05, 3.63) is 60.7 Å². The minimum absolute atomic E-state index is 0.00615. The van der Waals surface area contributed by atoms with Crippen LogP contribution < -0.4 is 21.3 Å². The van der Waals surface area contributed by atoms with E-state index in [-0.39, 0.29) is 25.9 Å². The lowest BCUT2D eigenvalue weighted by Crippen LogP contribution is -2.44. The summed E-state index contributed by atoms with van der Waals surface area (Å²) in [5, 5.41) is 29.3. The van der Waals surface area contributed by atoms with Crippen LogP contribution >= 0.6 is 11.8 Å². The number of rotatable bonds is 12. The lowest BCUT2D eigenvalue weighted by Gasteiger charge is -2.28. The van der Waals surface area contributed by atoms with Crippen molar-refractivity contribution in [1.82, 2.24) is 10.6 Å². The number of anilines is 2. The molecule has 2 aromatic carbocycles. The van der Waals surface area contributed by atoms with Gasteiger partial charge in [-0.05, 0) is 37.1 Å². The molecule has 0 aliphatic heterocycles. The first-order valence-corrected chi connectivity index (χ1v) is 11.1. The third-order valence-electron chi connectivity index (χ3n) is 4.55. The van der Waals surface area contributed by atoms with Crippen LogP contribution in [-0.2, 0) is 9.59 Å². The number of aliphatic carboxylic acids is 2. The molecular weight excluding hydrogens is 448 g/mol. The molecule has 33 heavy (non-hydrogen) atoms. The van der Waals surface area contributed by atoms with Crippen LogP contribution in [0.1, 0.15) is 12.8 Å². The zero-order chi connectivity index (χ0) is 24.1. The Morgan fingerprint density at radius 1 is 0.727 bits per heavy atom. The van der Waals surface area contributed by atoms with Gasteiger partial charge in [-0.3, -0.25) is 9.59 Å². The highest BCUT2D eigenvalue weighted by atomic mass is 32.2. The van der Waals surface area contributed by atoms with E-state index in [4.69, 9.17) is 5.11 Å². The molecule has 2 rings (SSSR count). The van der Waals surface area contributed by atoms with Crippen molar-refractivity contribution in [2.45, 2.75) is 17.6 Å². The molecule has 10 nitrogen and oxygen atoms in total. The molecule has 4 amide bonds. The van der Waals surface area contributed by atoms with E-state index in [0.29, 0.717) is 11.4 Å². The Morgan fingerprint density at radius 2 is 1.15 bits per heavy atom. The van der Waals surface area contributed by atoms with Gasteiger partial charge in [0.25, 0.3) is 0 Å². The van der Waals surface area contributed by atoms with E-state index in [1.807, 2.05) is 0 Å². The van der Waals surface area contributed by atoms with Crippen LogP contribution in [0.2, 0.25) is 0 Å². The van der Waals surface area contributed by atoms with Gasteiger partial charge in [-0.25, -0.2) is 9.59 Å². The first kappa shape index (κ1) is 25.5. The largest absolute Gasteiger partial charge is 0.481 e. The molecule has 0 saturated heterocycles. The van der Waals surface area contributed by atoms with Gasteiger partial charge in [0, 0.05) is 24.5 Å². The van der Waals surface area contributed by atoms with E-state index in [0.717, 1.165) is 11.8 Å². The van der Waals surface area contributed by atoms with Crippen LogP contribution in [0.25, 0.3) is 0 Å². The number of nitrogens with one attached hydrogen (secondary N) is 4. The third kappa shape index (κ3) is 9.11. The predicted molar refractivity (Wildman–Crippen MR) is 127 cm³/mol. The first-order chi connectivity index (χ1) is 15.8. The van der Waals surface area contributed by atoms with Crippen molar-refractivity contribution >= 4 is 47.1 Å². The SMILES string of the molecule is O=C(O)CSC(CCNC(=O)Nc1ccccc1)(CCNC(=O)Nc1ccccc1)C(=O)O. The number of thioether (sulfide) groups is 1. The lowest BCUT2D eigenvalue weighted by atomic mass is 10.00. The highest BCUT2D eigenvalue weighted by Gasteiger charge is 2.39. The number of amides is 4. The fourth-order valence-electron chi connectivity index (χ4n) is 2.89. The summed E-state index contributed by atoms with van der Waals surface area (Å²) in [7, 11) is 0. The summed E-state index contributed by atoms with van der Waals surface area (Å²) < 4.78 is -1.52. The molecule has 0 heterocycles. The second-order valence-corrected chi connectivity index (χ2v) is 8.33. The fraction of sp³-hybridized carbons (Fsp3) is 0.273. The van der Waals surface area contributed by atoms with Crippen molar-refractivity contribution in [1.29, 1.82) is 0 Å². The molecular formula is C22H26N4O6S. The Hall–Kier alpha value is -3.73. The summed E-state index contributed by atoms with van der Waals surface area (Å²) >= 11 is 0.754. The molecule has 0 aliphatic rings. The Kier molecular flexibility index (Phi) is 10.0. The monoisotopic (exact) mass is 474 g/mol. The van der Waals surface area contributed by atoms with Crippen molar-refractivity contribution in [3.8, 4) is 0 Å². The summed E-state index contributed by atoms with van der Waals surface area (Å²) in [5.41, 5.74) is 1.15. The van der Waals surface area contributed by atoms with Gasteiger partial charge < -0.3 is 31.5 Å². The average molecular weight is 475 g/mol. The van der Waals surface area contributed by atoms with Gasteiger partial charge in [-0.15, -0.1) is 11.8 Å². The van der Waals surface area contributed by atoms with Crippen molar-refractivity contribution in [2.24, 2.45) is 0 Å². The zero-order valence-corrected chi connectivity index (χ0v) is 18.6. The molecule has 0 atom stereocenters. The number of hydrogen-bond acceptors (Lipinski definition) is 5. The minimum atomic E-state index is -1.52. The van der Waals surface area contributed by atoms with E-state index in [1.165, 1.54) is 0 Å². The van der Waals surface area contributed by atoms with Gasteiger partial charge in [0.05, 0.1) is 5.75 Å². The number of hydrogen-bond donors (Lipinski definition) is 6. The van der Waals surface area contributed by atoms with E-state index in [2.05, 4.69) is 21.3 Å². The topological polar surface area (TPSA) is 157 Å². The maximum Gasteiger partial charge on any atom is 0.319 e. The van der Waals surface area contributed by atoms with Gasteiger partial charge >= 0.3 is 24.0 Å². The van der Waals surface area contributed by atoms with Crippen LogP contribution in [0, 0.1) is 0 Å².